The lowest BCUT2D eigenvalue weighted by atomic mass is 9.77. The fourth-order valence-corrected chi connectivity index (χ4v) is 4.31. The highest BCUT2D eigenvalue weighted by molar-refractivity contribution is 5.51. The lowest BCUT2D eigenvalue weighted by Gasteiger charge is -2.36. The standard InChI is InChI=1S/C30H30N2O/c1-3-5-15-23-33-29-24-32(31-28(29)16-4-2)30(25-17-9-6-10-18-25,26-19-11-7-12-20-26)27-21-13-8-14-22-27/h3-4,6-14,17-22,24H,1-2,5,15-16,23H2. The van der Waals surface area contributed by atoms with Gasteiger partial charge >= 0.3 is 0 Å². The van der Waals surface area contributed by atoms with Crippen molar-refractivity contribution in [3.8, 4) is 5.75 Å². The van der Waals surface area contributed by atoms with Crippen molar-refractivity contribution >= 4 is 0 Å². The average molecular weight is 435 g/mol. The first-order valence-corrected chi connectivity index (χ1v) is 11.4. The van der Waals surface area contributed by atoms with Gasteiger partial charge in [0.05, 0.1) is 12.8 Å². The highest BCUT2D eigenvalue weighted by atomic mass is 16.5. The normalized spacial score (nSPS) is 11.2. The van der Waals surface area contributed by atoms with E-state index in [-0.39, 0.29) is 0 Å². The third kappa shape index (κ3) is 4.54. The van der Waals surface area contributed by atoms with E-state index in [9.17, 15) is 0 Å². The van der Waals surface area contributed by atoms with Gasteiger partial charge in [-0.1, -0.05) is 103 Å². The summed E-state index contributed by atoms with van der Waals surface area (Å²) in [5.41, 5.74) is 3.63. The van der Waals surface area contributed by atoms with E-state index >= 15 is 0 Å². The molecule has 0 unspecified atom stereocenters. The van der Waals surface area contributed by atoms with Gasteiger partial charge in [-0.2, -0.15) is 5.10 Å². The zero-order valence-corrected chi connectivity index (χ0v) is 18.9. The van der Waals surface area contributed by atoms with Gasteiger partial charge < -0.3 is 4.74 Å². The number of benzene rings is 3. The summed E-state index contributed by atoms with van der Waals surface area (Å²) < 4.78 is 8.26. The number of hydrogen-bond acceptors (Lipinski definition) is 2. The summed E-state index contributed by atoms with van der Waals surface area (Å²) in [6, 6.07) is 31.6. The van der Waals surface area contributed by atoms with E-state index < -0.39 is 5.54 Å². The second-order valence-corrected chi connectivity index (χ2v) is 7.97. The minimum Gasteiger partial charge on any atom is -0.490 e. The van der Waals surface area contributed by atoms with Crippen molar-refractivity contribution in [3.05, 3.63) is 145 Å². The van der Waals surface area contributed by atoms with Gasteiger partial charge in [0, 0.05) is 6.42 Å². The van der Waals surface area contributed by atoms with Crippen molar-refractivity contribution in [2.24, 2.45) is 0 Å². The van der Waals surface area contributed by atoms with Gasteiger partial charge in [-0.15, -0.1) is 13.2 Å². The van der Waals surface area contributed by atoms with Crippen LogP contribution in [0.5, 0.6) is 5.75 Å². The van der Waals surface area contributed by atoms with Crippen molar-refractivity contribution in [3.63, 3.8) is 0 Å². The number of unbranched alkanes of at least 4 members (excludes halogenated alkanes) is 1. The summed E-state index contributed by atoms with van der Waals surface area (Å²) >= 11 is 0. The van der Waals surface area contributed by atoms with Crippen LogP contribution in [0.4, 0.5) is 0 Å². The van der Waals surface area contributed by atoms with Crippen LogP contribution < -0.4 is 4.74 Å². The van der Waals surface area contributed by atoms with Crippen molar-refractivity contribution < 1.29 is 4.74 Å². The summed E-state index contributed by atoms with van der Waals surface area (Å²) in [6.45, 7) is 8.36. The van der Waals surface area contributed by atoms with E-state index in [1.807, 2.05) is 36.5 Å². The maximum Gasteiger partial charge on any atom is 0.160 e. The Morgan fingerprint density at radius 2 is 1.27 bits per heavy atom. The van der Waals surface area contributed by atoms with Crippen LogP contribution in [0.1, 0.15) is 35.2 Å². The molecule has 0 aliphatic carbocycles. The molecule has 166 valence electrons. The first kappa shape index (κ1) is 22.3. The molecule has 0 bridgehead atoms. The second kappa shape index (κ2) is 10.6. The Balaban J connectivity index is 1.96. The van der Waals surface area contributed by atoms with Crippen LogP contribution in [0.3, 0.4) is 0 Å². The van der Waals surface area contributed by atoms with Crippen LogP contribution in [0.15, 0.2) is 123 Å². The van der Waals surface area contributed by atoms with Crippen LogP contribution >= 0.6 is 0 Å². The van der Waals surface area contributed by atoms with Crippen LogP contribution in [0, 0.1) is 0 Å². The summed E-state index contributed by atoms with van der Waals surface area (Å²) in [5, 5.41) is 5.10. The van der Waals surface area contributed by atoms with Gasteiger partial charge in [0.25, 0.3) is 0 Å². The second-order valence-electron chi connectivity index (χ2n) is 7.97. The first-order valence-electron chi connectivity index (χ1n) is 11.4. The van der Waals surface area contributed by atoms with Crippen molar-refractivity contribution in [1.29, 1.82) is 0 Å². The molecule has 0 N–H and O–H groups in total. The van der Waals surface area contributed by atoms with Gasteiger partial charge in [-0.05, 0) is 29.5 Å². The SMILES string of the molecule is C=CCCCOc1cn(C(c2ccccc2)(c2ccccc2)c2ccccc2)nc1CC=C. The van der Waals surface area contributed by atoms with E-state index in [0.717, 1.165) is 41.0 Å². The number of nitrogens with zero attached hydrogens (tertiary/aromatic N) is 2. The Labute approximate surface area is 196 Å². The number of aromatic nitrogens is 2. The Bertz CT molecular complexity index is 1070. The Morgan fingerprint density at radius 3 is 1.73 bits per heavy atom. The van der Waals surface area contributed by atoms with E-state index in [2.05, 4.69) is 90.6 Å². The van der Waals surface area contributed by atoms with Gasteiger partial charge in [0.2, 0.25) is 0 Å². The molecule has 1 heterocycles. The molecule has 0 radical (unpaired) electrons. The number of hydrogen-bond donors (Lipinski definition) is 0. The van der Waals surface area contributed by atoms with E-state index in [0.29, 0.717) is 13.0 Å². The molecule has 0 aliphatic rings. The van der Waals surface area contributed by atoms with Crippen molar-refractivity contribution in [2.45, 2.75) is 24.8 Å². The van der Waals surface area contributed by atoms with Crippen LogP contribution in [0.25, 0.3) is 0 Å². The molecular weight excluding hydrogens is 404 g/mol. The molecule has 4 rings (SSSR count). The zero-order valence-electron chi connectivity index (χ0n) is 18.9. The van der Waals surface area contributed by atoms with Gasteiger partial charge in [0.1, 0.15) is 11.2 Å². The smallest absolute Gasteiger partial charge is 0.160 e. The van der Waals surface area contributed by atoms with E-state index in [4.69, 9.17) is 9.84 Å². The van der Waals surface area contributed by atoms with Crippen LogP contribution in [-0.2, 0) is 12.0 Å². The molecule has 0 saturated carbocycles. The fourth-order valence-electron chi connectivity index (χ4n) is 4.31. The predicted octanol–water partition coefficient (Wildman–Crippen LogP) is 6.80. The largest absolute Gasteiger partial charge is 0.490 e. The molecule has 0 atom stereocenters. The molecule has 0 aliphatic heterocycles. The fraction of sp³-hybridized carbons (Fsp3) is 0.167. The summed E-state index contributed by atoms with van der Waals surface area (Å²) in [7, 11) is 0. The molecule has 0 fully saturated rings. The van der Waals surface area contributed by atoms with Gasteiger partial charge in [-0.25, -0.2) is 4.68 Å². The van der Waals surface area contributed by atoms with Gasteiger partial charge in [-0.3, -0.25) is 0 Å². The number of allylic oxidation sites excluding steroid dienone is 2. The van der Waals surface area contributed by atoms with Gasteiger partial charge in [0.15, 0.2) is 5.75 Å². The predicted molar refractivity (Wildman–Crippen MR) is 136 cm³/mol. The lowest BCUT2D eigenvalue weighted by molar-refractivity contribution is 0.308. The molecule has 3 heteroatoms. The van der Waals surface area contributed by atoms with Crippen molar-refractivity contribution in [2.75, 3.05) is 6.61 Å². The summed E-state index contributed by atoms with van der Waals surface area (Å²) in [5.74, 6) is 0.797. The molecule has 0 spiro atoms. The maximum atomic E-state index is 6.20. The maximum absolute atomic E-state index is 6.20. The average Bonchev–Trinajstić information content (AvgIpc) is 3.27. The molecule has 4 aromatic rings. The Hall–Kier alpha value is -3.85. The van der Waals surface area contributed by atoms with Crippen molar-refractivity contribution in [1.82, 2.24) is 9.78 Å². The monoisotopic (exact) mass is 434 g/mol. The first-order chi connectivity index (χ1) is 16.3. The molecular formula is C30H30N2O. The van der Waals surface area contributed by atoms with E-state index in [1.54, 1.807) is 0 Å². The summed E-state index contributed by atoms with van der Waals surface area (Å²) in [4.78, 5) is 0. The molecule has 1 aromatic heterocycles. The molecule has 0 saturated heterocycles. The van der Waals surface area contributed by atoms with E-state index in [1.165, 1.54) is 0 Å². The minimum atomic E-state index is -0.650. The number of rotatable bonds is 11. The quantitative estimate of drug-likeness (QED) is 0.147. The minimum absolute atomic E-state index is 0.622. The summed E-state index contributed by atoms with van der Waals surface area (Å²) in [6.07, 6.45) is 8.31. The highest BCUT2D eigenvalue weighted by Gasteiger charge is 2.40. The lowest BCUT2D eigenvalue weighted by Crippen LogP contribution is -2.38. The van der Waals surface area contributed by atoms with Crippen LogP contribution in [-0.4, -0.2) is 16.4 Å². The third-order valence-electron chi connectivity index (χ3n) is 5.82. The molecule has 33 heavy (non-hydrogen) atoms. The Morgan fingerprint density at radius 1 is 0.758 bits per heavy atom. The zero-order chi connectivity index (χ0) is 22.9. The number of ether oxygens (including phenoxy) is 1. The van der Waals surface area contributed by atoms with Crippen LogP contribution in [0.2, 0.25) is 0 Å². The topological polar surface area (TPSA) is 27.1 Å². The third-order valence-corrected chi connectivity index (χ3v) is 5.82. The molecule has 3 nitrogen and oxygen atoms in total. The Kier molecular flexibility index (Phi) is 7.21. The highest BCUT2D eigenvalue weighted by Crippen LogP contribution is 2.41. The molecule has 0 amide bonds. The molecule has 3 aromatic carbocycles.